The van der Waals surface area contributed by atoms with Gasteiger partial charge in [0.1, 0.15) is 5.00 Å². The molecule has 1 aliphatic rings. The highest BCUT2D eigenvalue weighted by molar-refractivity contribution is 7.17. The summed E-state index contributed by atoms with van der Waals surface area (Å²) in [7, 11) is 1.27. The van der Waals surface area contributed by atoms with Crippen molar-refractivity contribution in [2.75, 3.05) is 12.4 Å². The number of ether oxygens (including phenoxy) is 1. The van der Waals surface area contributed by atoms with Crippen LogP contribution in [0, 0.1) is 0 Å². The quantitative estimate of drug-likeness (QED) is 0.581. The number of carbonyl (C=O) groups is 2. The molecule has 8 heteroatoms. The van der Waals surface area contributed by atoms with E-state index in [1.165, 1.54) is 30.6 Å². The van der Waals surface area contributed by atoms with E-state index in [9.17, 15) is 22.8 Å². The number of hydrogen-bond donors (Lipinski definition) is 1. The summed E-state index contributed by atoms with van der Waals surface area (Å²) in [4.78, 5) is 25.8. The molecule has 0 radical (unpaired) electrons. The average Bonchev–Trinajstić information content (AvgIpc) is 2.81. The van der Waals surface area contributed by atoms with Crippen molar-refractivity contribution in [1.82, 2.24) is 0 Å². The summed E-state index contributed by atoms with van der Waals surface area (Å²) in [5, 5.41) is 2.94. The lowest BCUT2D eigenvalue weighted by atomic mass is 10.1. The fourth-order valence-corrected chi connectivity index (χ4v) is 4.43. The van der Waals surface area contributed by atoms with E-state index < -0.39 is 23.6 Å². The highest BCUT2D eigenvalue weighted by atomic mass is 32.1. The van der Waals surface area contributed by atoms with Gasteiger partial charge in [0.15, 0.2) is 0 Å². The topological polar surface area (TPSA) is 55.4 Å². The van der Waals surface area contributed by atoms with Gasteiger partial charge in [-0.1, -0.05) is 12.5 Å². The number of fused-ring (bicyclic) bond motifs is 1. The summed E-state index contributed by atoms with van der Waals surface area (Å²) < 4.78 is 43.5. The van der Waals surface area contributed by atoms with Crippen molar-refractivity contribution in [2.24, 2.45) is 0 Å². The number of carbonyl (C=O) groups excluding carboxylic acids is 2. The minimum Gasteiger partial charge on any atom is -0.465 e. The summed E-state index contributed by atoms with van der Waals surface area (Å²) in [5.74, 6) is -1.24. The Balaban J connectivity index is 1.93. The molecule has 0 fully saturated rings. The van der Waals surface area contributed by atoms with Crippen molar-refractivity contribution in [1.29, 1.82) is 0 Å². The number of hydrogen-bond acceptors (Lipinski definition) is 4. The first-order valence-electron chi connectivity index (χ1n) is 8.52. The van der Waals surface area contributed by atoms with Crippen molar-refractivity contribution >= 4 is 28.2 Å². The maximum absolute atomic E-state index is 12.9. The second kappa shape index (κ2) is 7.72. The number of anilines is 1. The second-order valence-electron chi connectivity index (χ2n) is 6.29. The third-order valence-corrected chi connectivity index (χ3v) is 5.70. The molecule has 3 rings (SSSR count). The molecule has 1 aliphatic carbocycles. The molecule has 1 N–H and O–H groups in total. The maximum atomic E-state index is 12.9. The Hall–Kier alpha value is -2.35. The summed E-state index contributed by atoms with van der Waals surface area (Å²) in [6, 6.07) is 4.19. The van der Waals surface area contributed by atoms with E-state index in [1.54, 1.807) is 0 Å². The van der Waals surface area contributed by atoms with Crippen LogP contribution in [-0.2, 0) is 23.8 Å². The molecular weight excluding hydrogens is 379 g/mol. The number of alkyl halides is 3. The van der Waals surface area contributed by atoms with E-state index in [2.05, 4.69) is 5.32 Å². The van der Waals surface area contributed by atoms with Gasteiger partial charge in [-0.25, -0.2) is 4.79 Å². The van der Waals surface area contributed by atoms with E-state index in [1.807, 2.05) is 0 Å². The molecule has 27 heavy (non-hydrogen) atoms. The van der Waals surface area contributed by atoms with E-state index in [0.29, 0.717) is 10.6 Å². The Labute approximate surface area is 158 Å². The molecule has 1 aromatic carbocycles. The molecule has 1 amide bonds. The first-order valence-corrected chi connectivity index (χ1v) is 9.34. The number of nitrogens with one attached hydrogen (secondary N) is 1. The molecule has 144 valence electrons. The number of methoxy groups -OCH3 is 1. The van der Waals surface area contributed by atoms with Gasteiger partial charge in [0.05, 0.1) is 18.2 Å². The van der Waals surface area contributed by atoms with Crippen LogP contribution in [0.1, 0.15) is 56.0 Å². The monoisotopic (exact) mass is 397 g/mol. The summed E-state index contributed by atoms with van der Waals surface area (Å²) >= 11 is 1.30. The van der Waals surface area contributed by atoms with Gasteiger partial charge >= 0.3 is 12.1 Å². The number of thiophene rings is 1. The fourth-order valence-electron chi connectivity index (χ4n) is 3.16. The maximum Gasteiger partial charge on any atom is 0.416 e. The third kappa shape index (κ3) is 4.16. The zero-order valence-electron chi connectivity index (χ0n) is 14.6. The van der Waals surface area contributed by atoms with Crippen LogP contribution in [0.4, 0.5) is 18.2 Å². The molecule has 0 atom stereocenters. The molecule has 0 unspecified atom stereocenters. The molecule has 0 aliphatic heterocycles. The minimum absolute atomic E-state index is 0.121. The zero-order chi connectivity index (χ0) is 19.6. The van der Waals surface area contributed by atoms with Crippen LogP contribution in [0.15, 0.2) is 24.3 Å². The first-order chi connectivity index (χ1) is 12.8. The highest BCUT2D eigenvalue weighted by Crippen LogP contribution is 2.38. The predicted molar refractivity (Wildman–Crippen MR) is 96.3 cm³/mol. The van der Waals surface area contributed by atoms with Gasteiger partial charge in [0.2, 0.25) is 0 Å². The Morgan fingerprint density at radius 1 is 1.15 bits per heavy atom. The van der Waals surface area contributed by atoms with Gasteiger partial charge in [-0.2, -0.15) is 13.2 Å². The number of halogens is 3. The van der Waals surface area contributed by atoms with Gasteiger partial charge < -0.3 is 10.1 Å². The standard InChI is InChI=1S/C19H18F3NO3S/c1-26-18(25)15-13-8-3-2-4-9-14(13)27-17(15)23-16(24)11-6-5-7-12(10-11)19(20,21)22/h5-7,10H,2-4,8-9H2,1H3,(H,23,24). The van der Waals surface area contributed by atoms with Crippen molar-refractivity contribution in [3.05, 3.63) is 51.4 Å². The third-order valence-electron chi connectivity index (χ3n) is 4.49. The van der Waals surface area contributed by atoms with Gasteiger partial charge in [0.25, 0.3) is 5.91 Å². The number of esters is 1. The molecule has 1 aromatic heterocycles. The molecule has 1 heterocycles. The average molecular weight is 397 g/mol. The highest BCUT2D eigenvalue weighted by Gasteiger charge is 2.31. The summed E-state index contributed by atoms with van der Waals surface area (Å²) in [5.41, 5.74) is 0.179. The van der Waals surface area contributed by atoms with Gasteiger partial charge in [-0.3, -0.25) is 4.79 Å². The number of benzene rings is 1. The molecule has 0 saturated heterocycles. The second-order valence-corrected chi connectivity index (χ2v) is 7.40. The van der Waals surface area contributed by atoms with Crippen LogP contribution in [-0.4, -0.2) is 19.0 Å². The number of rotatable bonds is 3. The van der Waals surface area contributed by atoms with Crippen LogP contribution in [0.2, 0.25) is 0 Å². The lowest BCUT2D eigenvalue weighted by Crippen LogP contribution is -2.16. The molecule has 0 bridgehead atoms. The largest absolute Gasteiger partial charge is 0.465 e. The SMILES string of the molecule is COC(=O)c1c(NC(=O)c2cccc(C(F)(F)F)c2)sc2c1CCCCC2. The lowest BCUT2D eigenvalue weighted by Gasteiger charge is -2.10. The van der Waals surface area contributed by atoms with Crippen LogP contribution < -0.4 is 5.32 Å². The smallest absolute Gasteiger partial charge is 0.416 e. The molecule has 4 nitrogen and oxygen atoms in total. The van der Waals surface area contributed by atoms with Crippen LogP contribution in [0.5, 0.6) is 0 Å². The Morgan fingerprint density at radius 2 is 1.89 bits per heavy atom. The summed E-state index contributed by atoms with van der Waals surface area (Å²) in [6.45, 7) is 0. The molecule has 0 spiro atoms. The van der Waals surface area contributed by atoms with Gasteiger partial charge in [-0.15, -0.1) is 11.3 Å². The van der Waals surface area contributed by atoms with Gasteiger partial charge in [0, 0.05) is 10.4 Å². The fraction of sp³-hybridized carbons (Fsp3) is 0.368. The van der Waals surface area contributed by atoms with Gasteiger partial charge in [-0.05, 0) is 49.4 Å². The van der Waals surface area contributed by atoms with Crippen LogP contribution in [0.3, 0.4) is 0 Å². The van der Waals surface area contributed by atoms with E-state index in [4.69, 9.17) is 4.74 Å². The predicted octanol–water partition coefficient (Wildman–Crippen LogP) is 5.07. The van der Waals surface area contributed by atoms with Crippen molar-refractivity contribution < 1.29 is 27.5 Å². The molecular formula is C19H18F3NO3S. The first kappa shape index (κ1) is 19.4. The lowest BCUT2D eigenvalue weighted by molar-refractivity contribution is -0.137. The zero-order valence-corrected chi connectivity index (χ0v) is 15.4. The van der Waals surface area contributed by atoms with Crippen molar-refractivity contribution in [3.8, 4) is 0 Å². The molecule has 2 aromatic rings. The van der Waals surface area contributed by atoms with E-state index in [-0.39, 0.29) is 5.56 Å². The van der Waals surface area contributed by atoms with Crippen molar-refractivity contribution in [3.63, 3.8) is 0 Å². The number of aryl methyl sites for hydroxylation is 1. The van der Waals surface area contributed by atoms with Crippen LogP contribution in [0.25, 0.3) is 0 Å². The molecule has 0 saturated carbocycles. The van der Waals surface area contributed by atoms with E-state index >= 15 is 0 Å². The summed E-state index contributed by atoms with van der Waals surface area (Å²) in [6.07, 6.45) is -0.00924. The van der Waals surface area contributed by atoms with Crippen molar-refractivity contribution in [2.45, 2.75) is 38.3 Å². The Bertz CT molecular complexity index is 874. The van der Waals surface area contributed by atoms with Crippen LogP contribution >= 0.6 is 11.3 Å². The van der Waals surface area contributed by atoms with E-state index in [0.717, 1.165) is 54.7 Å². The number of amides is 1. The normalized spacial score (nSPS) is 14.2. The Kier molecular flexibility index (Phi) is 5.55. The minimum atomic E-state index is -4.53. The Morgan fingerprint density at radius 3 is 2.59 bits per heavy atom.